The minimum Gasteiger partial charge on any atom is -0.481 e. The van der Waals surface area contributed by atoms with Gasteiger partial charge >= 0.3 is 5.97 Å². The van der Waals surface area contributed by atoms with Gasteiger partial charge in [0.15, 0.2) is 0 Å². The van der Waals surface area contributed by atoms with Crippen LogP contribution in [0.5, 0.6) is 5.88 Å². The summed E-state index contributed by atoms with van der Waals surface area (Å²) in [5.41, 5.74) is 0.719. The van der Waals surface area contributed by atoms with E-state index in [0.717, 1.165) is 31.2 Å². The highest BCUT2D eigenvalue weighted by molar-refractivity contribution is 5.85. The number of aromatic nitrogens is 1. The monoisotopic (exact) mass is 332 g/mol. The van der Waals surface area contributed by atoms with E-state index >= 15 is 0 Å². The van der Waals surface area contributed by atoms with Crippen molar-refractivity contribution in [2.24, 2.45) is 5.92 Å². The highest BCUT2D eigenvalue weighted by Gasteiger charge is 2.41. The van der Waals surface area contributed by atoms with Crippen LogP contribution in [0.3, 0.4) is 0 Å². The molecular weight excluding hydrogens is 308 g/mol. The predicted octanol–water partition coefficient (Wildman–Crippen LogP) is 2.81. The van der Waals surface area contributed by atoms with E-state index in [0.29, 0.717) is 12.4 Å². The van der Waals surface area contributed by atoms with Crippen LogP contribution in [0.1, 0.15) is 43.7 Å². The maximum atomic E-state index is 12.4. The van der Waals surface area contributed by atoms with E-state index < -0.39 is 12.0 Å². The van der Waals surface area contributed by atoms with Crippen molar-refractivity contribution in [1.82, 2.24) is 9.88 Å². The number of carboxylic acid groups (broad SMARTS) is 1. The zero-order valence-corrected chi connectivity index (χ0v) is 14.0. The minimum atomic E-state index is -0.932. The van der Waals surface area contributed by atoms with Crippen molar-refractivity contribution in [3.63, 3.8) is 0 Å². The van der Waals surface area contributed by atoms with Crippen molar-refractivity contribution in [1.29, 1.82) is 0 Å². The number of hydrogen-bond donors (Lipinski definition) is 1. The molecule has 2 heterocycles. The first-order chi connectivity index (χ1) is 11.6. The Kier molecular flexibility index (Phi) is 6.35. The van der Waals surface area contributed by atoms with E-state index in [9.17, 15) is 14.7 Å². The number of nitrogens with zero attached hydrogens (tertiary/aromatic N) is 2. The molecule has 2 atom stereocenters. The summed E-state index contributed by atoms with van der Waals surface area (Å²) in [6.45, 7) is 4.30. The van der Waals surface area contributed by atoms with Crippen LogP contribution in [0.25, 0.3) is 0 Å². The topological polar surface area (TPSA) is 79.7 Å². The molecule has 0 radical (unpaired) electrons. The van der Waals surface area contributed by atoms with E-state index in [2.05, 4.69) is 11.6 Å². The number of unbranched alkanes of at least 4 members (excludes halogenated alkanes) is 2. The molecule has 1 fully saturated rings. The molecule has 1 saturated heterocycles. The number of amides is 1. The largest absolute Gasteiger partial charge is 0.481 e. The van der Waals surface area contributed by atoms with Gasteiger partial charge in [0.2, 0.25) is 11.8 Å². The van der Waals surface area contributed by atoms with Gasteiger partial charge < -0.3 is 14.7 Å². The number of rotatable bonds is 10. The Morgan fingerprint density at radius 3 is 2.88 bits per heavy atom. The molecule has 2 unspecified atom stereocenters. The van der Waals surface area contributed by atoms with Gasteiger partial charge in [-0.3, -0.25) is 9.59 Å². The molecule has 2 rings (SSSR count). The van der Waals surface area contributed by atoms with Crippen molar-refractivity contribution in [3.05, 3.63) is 36.5 Å². The molecule has 0 spiro atoms. The first-order valence-corrected chi connectivity index (χ1v) is 8.20. The van der Waals surface area contributed by atoms with Crippen molar-refractivity contribution >= 4 is 11.9 Å². The van der Waals surface area contributed by atoms with Crippen molar-refractivity contribution < 1.29 is 19.4 Å². The Morgan fingerprint density at radius 2 is 2.33 bits per heavy atom. The summed E-state index contributed by atoms with van der Waals surface area (Å²) < 4.78 is 5.02. The number of likely N-dealkylation sites (tertiary alicyclic amines) is 1. The lowest BCUT2D eigenvalue weighted by molar-refractivity contribution is -0.154. The second-order valence-electron chi connectivity index (χ2n) is 6.01. The van der Waals surface area contributed by atoms with Crippen molar-refractivity contribution in [3.8, 4) is 5.88 Å². The first-order valence-electron chi connectivity index (χ1n) is 8.20. The maximum absolute atomic E-state index is 12.4. The van der Waals surface area contributed by atoms with E-state index in [1.54, 1.807) is 23.2 Å². The number of β-lactam (4-membered cyclic amide) rings is 1. The quantitative estimate of drug-likeness (QED) is 0.405. The van der Waals surface area contributed by atoms with Crippen molar-refractivity contribution in [2.45, 2.75) is 38.1 Å². The maximum Gasteiger partial charge on any atom is 0.305 e. The fourth-order valence-electron chi connectivity index (χ4n) is 2.99. The van der Waals surface area contributed by atoms with Crippen LogP contribution < -0.4 is 4.74 Å². The second kappa shape index (κ2) is 8.47. The fourth-order valence-corrected chi connectivity index (χ4v) is 2.99. The van der Waals surface area contributed by atoms with Gasteiger partial charge in [-0.05, 0) is 24.8 Å². The SMILES string of the molecule is C=CCCCCC1CN(C(CC(=O)O)c2ccc(OC)nc2)C1=O. The highest BCUT2D eigenvalue weighted by atomic mass is 16.5. The standard InChI is InChI=1S/C18H24N2O4/c1-3-4-5-6-7-14-12-20(18(14)23)15(10-17(21)22)13-8-9-16(24-2)19-11-13/h3,8-9,11,14-15H,1,4-7,10,12H2,2H3,(H,21,22). The minimum absolute atomic E-state index is 0.0114. The average Bonchev–Trinajstić information content (AvgIpc) is 2.58. The molecule has 6 nitrogen and oxygen atoms in total. The smallest absolute Gasteiger partial charge is 0.305 e. The van der Waals surface area contributed by atoms with Crippen LogP contribution in [0.4, 0.5) is 0 Å². The number of hydrogen-bond acceptors (Lipinski definition) is 4. The zero-order valence-electron chi connectivity index (χ0n) is 14.0. The Labute approximate surface area is 142 Å². The number of pyridine rings is 1. The fraction of sp³-hybridized carbons (Fsp3) is 0.500. The number of carbonyl (C=O) groups is 2. The summed E-state index contributed by atoms with van der Waals surface area (Å²) in [6.07, 6.45) is 7.18. The Bertz CT molecular complexity index is 585. The molecule has 0 saturated carbocycles. The van der Waals surface area contributed by atoms with Crippen LogP contribution >= 0.6 is 0 Å². The Morgan fingerprint density at radius 1 is 1.54 bits per heavy atom. The third kappa shape index (κ3) is 4.34. The van der Waals surface area contributed by atoms with Gasteiger partial charge in [0.25, 0.3) is 0 Å². The van der Waals surface area contributed by atoms with E-state index in [1.165, 1.54) is 7.11 Å². The van der Waals surface area contributed by atoms with Crippen LogP contribution in [0, 0.1) is 5.92 Å². The van der Waals surface area contributed by atoms with Gasteiger partial charge in [0, 0.05) is 18.8 Å². The lowest BCUT2D eigenvalue weighted by Gasteiger charge is -2.43. The second-order valence-corrected chi connectivity index (χ2v) is 6.01. The number of carbonyl (C=O) groups excluding carboxylic acids is 1. The van der Waals surface area contributed by atoms with Gasteiger partial charge in [-0.1, -0.05) is 18.6 Å². The van der Waals surface area contributed by atoms with E-state index in [1.807, 2.05) is 6.08 Å². The molecule has 24 heavy (non-hydrogen) atoms. The number of ether oxygens (including phenoxy) is 1. The molecule has 0 aliphatic carbocycles. The van der Waals surface area contributed by atoms with Crippen LogP contribution in [-0.4, -0.2) is 40.5 Å². The summed E-state index contributed by atoms with van der Waals surface area (Å²) in [5.74, 6) is -0.422. The molecule has 1 amide bonds. The molecule has 6 heteroatoms. The average molecular weight is 332 g/mol. The summed E-state index contributed by atoms with van der Waals surface area (Å²) in [6, 6.07) is 2.98. The van der Waals surface area contributed by atoms with Crippen LogP contribution in [0.15, 0.2) is 31.0 Å². The van der Waals surface area contributed by atoms with Gasteiger partial charge in [0.05, 0.1) is 25.5 Å². The lowest BCUT2D eigenvalue weighted by Crippen LogP contribution is -2.54. The normalized spacial score (nSPS) is 18.0. The van der Waals surface area contributed by atoms with E-state index in [-0.39, 0.29) is 18.2 Å². The number of allylic oxidation sites excluding steroid dienone is 1. The van der Waals surface area contributed by atoms with Gasteiger partial charge in [-0.2, -0.15) is 0 Å². The highest BCUT2D eigenvalue weighted by Crippen LogP contribution is 2.34. The third-order valence-electron chi connectivity index (χ3n) is 4.36. The van der Waals surface area contributed by atoms with Crippen LogP contribution in [0.2, 0.25) is 0 Å². The molecule has 1 aliphatic rings. The molecule has 1 aromatic rings. The number of methoxy groups -OCH3 is 1. The summed E-state index contributed by atoms with van der Waals surface area (Å²) in [4.78, 5) is 29.4. The lowest BCUT2D eigenvalue weighted by atomic mass is 9.88. The molecule has 1 aromatic heterocycles. The van der Waals surface area contributed by atoms with Crippen molar-refractivity contribution in [2.75, 3.05) is 13.7 Å². The third-order valence-corrected chi connectivity index (χ3v) is 4.36. The molecule has 0 bridgehead atoms. The first kappa shape index (κ1) is 18.0. The zero-order chi connectivity index (χ0) is 17.5. The molecular formula is C18H24N2O4. The van der Waals surface area contributed by atoms with E-state index in [4.69, 9.17) is 4.74 Å². The predicted molar refractivity (Wildman–Crippen MR) is 89.7 cm³/mol. The van der Waals surface area contributed by atoms with Gasteiger partial charge in [-0.15, -0.1) is 6.58 Å². The molecule has 0 aromatic carbocycles. The number of carboxylic acids is 1. The summed E-state index contributed by atoms with van der Waals surface area (Å²) in [7, 11) is 1.52. The summed E-state index contributed by atoms with van der Waals surface area (Å²) >= 11 is 0. The molecule has 1 N–H and O–H groups in total. The summed E-state index contributed by atoms with van der Waals surface area (Å²) in [5, 5.41) is 9.17. The number of aliphatic carboxylic acids is 1. The Hall–Kier alpha value is -2.37. The molecule has 1 aliphatic heterocycles. The van der Waals surface area contributed by atoms with Gasteiger partial charge in [0.1, 0.15) is 0 Å². The molecule has 130 valence electrons. The van der Waals surface area contributed by atoms with Gasteiger partial charge in [-0.25, -0.2) is 4.98 Å². The Balaban J connectivity index is 2.00. The van der Waals surface area contributed by atoms with Crippen LogP contribution in [-0.2, 0) is 9.59 Å².